The Bertz CT molecular complexity index is 467. The maximum absolute atomic E-state index is 6.59. The molecule has 0 aromatic carbocycles. The van der Waals surface area contributed by atoms with Crippen LogP contribution in [0.2, 0.25) is 0 Å². The van der Waals surface area contributed by atoms with Gasteiger partial charge in [0.25, 0.3) is 0 Å². The van der Waals surface area contributed by atoms with Gasteiger partial charge in [-0.15, -0.1) is 11.3 Å². The van der Waals surface area contributed by atoms with Gasteiger partial charge in [0.2, 0.25) is 0 Å². The normalized spacial score (nSPS) is 29.4. The van der Waals surface area contributed by atoms with Crippen molar-refractivity contribution in [3.63, 3.8) is 0 Å². The molecule has 1 saturated heterocycles. The van der Waals surface area contributed by atoms with E-state index in [-0.39, 0.29) is 17.2 Å². The van der Waals surface area contributed by atoms with Crippen LogP contribution in [0.1, 0.15) is 61.9 Å². The van der Waals surface area contributed by atoms with E-state index in [9.17, 15) is 0 Å². The Kier molecular flexibility index (Phi) is 3.08. The van der Waals surface area contributed by atoms with Crippen molar-refractivity contribution >= 4 is 11.3 Å². The molecule has 2 aliphatic rings. The lowest BCUT2D eigenvalue weighted by Gasteiger charge is -2.30. The van der Waals surface area contributed by atoms with Crippen LogP contribution in [0.3, 0.4) is 0 Å². The quantitative estimate of drug-likeness (QED) is 0.893. The molecule has 0 saturated carbocycles. The van der Waals surface area contributed by atoms with Crippen LogP contribution < -0.4 is 5.73 Å². The lowest BCUT2D eigenvalue weighted by atomic mass is 9.81. The predicted molar refractivity (Wildman–Crippen MR) is 80.6 cm³/mol. The highest BCUT2D eigenvalue weighted by Gasteiger charge is 2.48. The Morgan fingerprint density at radius 1 is 1.32 bits per heavy atom. The molecule has 2 atom stereocenters. The van der Waals surface area contributed by atoms with E-state index in [4.69, 9.17) is 10.5 Å². The van der Waals surface area contributed by atoms with Crippen LogP contribution in [0.4, 0.5) is 0 Å². The predicted octanol–water partition coefficient (Wildman–Crippen LogP) is 3.83. The van der Waals surface area contributed by atoms with Crippen LogP contribution in [0.15, 0.2) is 6.07 Å². The first-order valence-corrected chi connectivity index (χ1v) is 8.17. The molecule has 0 bridgehead atoms. The number of thiophene rings is 1. The van der Waals surface area contributed by atoms with Gasteiger partial charge in [-0.3, -0.25) is 0 Å². The van der Waals surface area contributed by atoms with Gasteiger partial charge in [0.15, 0.2) is 0 Å². The number of aryl methyl sites for hydroxylation is 2. The Hall–Kier alpha value is -0.380. The Morgan fingerprint density at radius 3 is 2.63 bits per heavy atom. The minimum absolute atomic E-state index is 0.0498. The van der Waals surface area contributed by atoms with Gasteiger partial charge in [-0.25, -0.2) is 0 Å². The van der Waals surface area contributed by atoms with Crippen molar-refractivity contribution < 1.29 is 4.74 Å². The fourth-order valence-corrected chi connectivity index (χ4v) is 5.20. The van der Waals surface area contributed by atoms with Gasteiger partial charge in [0.1, 0.15) is 0 Å². The molecule has 3 heteroatoms. The summed E-state index contributed by atoms with van der Waals surface area (Å²) in [6.07, 6.45) is 4.86. The van der Waals surface area contributed by atoms with Crippen molar-refractivity contribution in [2.24, 2.45) is 11.7 Å². The van der Waals surface area contributed by atoms with Gasteiger partial charge < -0.3 is 10.5 Å². The topological polar surface area (TPSA) is 35.2 Å². The van der Waals surface area contributed by atoms with Gasteiger partial charge in [0.05, 0.1) is 11.2 Å². The molecule has 2 heterocycles. The zero-order valence-electron chi connectivity index (χ0n) is 12.5. The molecule has 1 aliphatic carbocycles. The zero-order chi connectivity index (χ0) is 13.8. The molecule has 1 aromatic rings. The highest BCUT2D eigenvalue weighted by atomic mass is 32.1. The minimum Gasteiger partial charge on any atom is -0.369 e. The average molecular weight is 279 g/mol. The second-order valence-corrected chi connectivity index (χ2v) is 8.42. The monoisotopic (exact) mass is 279 g/mol. The summed E-state index contributed by atoms with van der Waals surface area (Å²) >= 11 is 1.94. The van der Waals surface area contributed by atoms with Crippen molar-refractivity contribution in [1.29, 1.82) is 0 Å². The fourth-order valence-electron chi connectivity index (χ4n) is 3.88. The Morgan fingerprint density at radius 2 is 2.05 bits per heavy atom. The smallest absolute Gasteiger partial charge is 0.0681 e. The van der Waals surface area contributed by atoms with Gasteiger partial charge >= 0.3 is 0 Å². The van der Waals surface area contributed by atoms with Crippen LogP contribution >= 0.6 is 11.3 Å². The number of rotatable bonds is 2. The third kappa shape index (κ3) is 2.37. The summed E-state index contributed by atoms with van der Waals surface area (Å²) in [4.78, 5) is 2.94. The summed E-state index contributed by atoms with van der Waals surface area (Å²) in [5, 5.41) is 0. The standard InChI is InChI=1S/C16H25NOS/c1-15(2)9-11(16(3,4)18-15)14(17)13-8-10-6-5-7-12(10)19-13/h8,11,14H,5-7,9,17H2,1-4H3. The minimum atomic E-state index is -0.128. The molecule has 106 valence electrons. The molecule has 2 nitrogen and oxygen atoms in total. The number of hydrogen-bond acceptors (Lipinski definition) is 3. The largest absolute Gasteiger partial charge is 0.369 e. The molecule has 1 aromatic heterocycles. The summed E-state index contributed by atoms with van der Waals surface area (Å²) in [5.41, 5.74) is 7.96. The van der Waals surface area contributed by atoms with E-state index in [1.165, 1.54) is 24.1 Å². The van der Waals surface area contributed by atoms with Crippen LogP contribution in [0.25, 0.3) is 0 Å². The van der Waals surface area contributed by atoms with Gasteiger partial charge in [-0.1, -0.05) is 0 Å². The maximum Gasteiger partial charge on any atom is 0.0681 e. The summed E-state index contributed by atoms with van der Waals surface area (Å²) in [6.45, 7) is 8.73. The van der Waals surface area contributed by atoms with Crippen LogP contribution in [0, 0.1) is 5.92 Å². The van der Waals surface area contributed by atoms with Crippen molar-refractivity contribution in [2.45, 2.75) is 70.6 Å². The summed E-state index contributed by atoms with van der Waals surface area (Å²) in [5.74, 6) is 0.404. The zero-order valence-corrected chi connectivity index (χ0v) is 13.3. The van der Waals surface area contributed by atoms with Crippen LogP contribution in [0.5, 0.6) is 0 Å². The molecule has 0 spiro atoms. The van der Waals surface area contributed by atoms with Crippen molar-refractivity contribution in [2.75, 3.05) is 0 Å². The SMILES string of the molecule is CC1(C)CC(C(N)c2cc3c(s2)CCC3)C(C)(C)O1. The Balaban J connectivity index is 1.85. The average Bonchev–Trinajstić information content (AvgIpc) is 2.87. The number of hydrogen-bond donors (Lipinski definition) is 1. The summed E-state index contributed by atoms with van der Waals surface area (Å²) in [6, 6.07) is 2.48. The van der Waals surface area contributed by atoms with E-state index in [1.807, 2.05) is 11.3 Å². The first-order valence-electron chi connectivity index (χ1n) is 7.36. The first kappa shape index (κ1) is 13.6. The third-order valence-corrected chi connectivity index (χ3v) is 6.01. The third-order valence-electron chi connectivity index (χ3n) is 4.67. The maximum atomic E-state index is 6.59. The molecule has 2 N–H and O–H groups in total. The molecule has 1 fully saturated rings. The first-order chi connectivity index (χ1) is 8.78. The van der Waals surface area contributed by atoms with E-state index in [1.54, 1.807) is 10.4 Å². The van der Waals surface area contributed by atoms with Crippen molar-refractivity contribution in [3.05, 3.63) is 21.4 Å². The number of nitrogens with two attached hydrogens (primary N) is 1. The second-order valence-electron chi connectivity index (χ2n) is 7.25. The van der Waals surface area contributed by atoms with Crippen molar-refractivity contribution in [3.8, 4) is 0 Å². The van der Waals surface area contributed by atoms with Crippen LogP contribution in [-0.4, -0.2) is 11.2 Å². The van der Waals surface area contributed by atoms with Gasteiger partial charge in [-0.2, -0.15) is 0 Å². The molecule has 2 unspecified atom stereocenters. The van der Waals surface area contributed by atoms with E-state index in [2.05, 4.69) is 33.8 Å². The van der Waals surface area contributed by atoms with E-state index < -0.39 is 0 Å². The highest BCUT2D eigenvalue weighted by molar-refractivity contribution is 7.12. The Labute approximate surface area is 120 Å². The van der Waals surface area contributed by atoms with E-state index in [0.717, 1.165) is 6.42 Å². The molecule has 0 amide bonds. The highest BCUT2D eigenvalue weighted by Crippen LogP contribution is 2.48. The van der Waals surface area contributed by atoms with E-state index in [0.29, 0.717) is 5.92 Å². The molecular weight excluding hydrogens is 254 g/mol. The summed E-state index contributed by atoms with van der Waals surface area (Å²) < 4.78 is 6.19. The molecule has 1 aliphatic heterocycles. The fraction of sp³-hybridized carbons (Fsp3) is 0.750. The second kappa shape index (κ2) is 4.31. The molecule has 3 rings (SSSR count). The van der Waals surface area contributed by atoms with Gasteiger partial charge in [0, 0.05) is 21.7 Å². The number of ether oxygens (including phenoxy) is 1. The lowest BCUT2D eigenvalue weighted by Crippen LogP contribution is -2.35. The van der Waals surface area contributed by atoms with Gasteiger partial charge in [-0.05, 0) is 65.0 Å². The van der Waals surface area contributed by atoms with Crippen molar-refractivity contribution in [1.82, 2.24) is 0 Å². The molecule has 0 radical (unpaired) electrons. The molecule has 19 heavy (non-hydrogen) atoms. The number of fused-ring (bicyclic) bond motifs is 1. The molecular formula is C16H25NOS. The van der Waals surface area contributed by atoms with E-state index >= 15 is 0 Å². The van der Waals surface area contributed by atoms with Crippen LogP contribution in [-0.2, 0) is 17.6 Å². The summed E-state index contributed by atoms with van der Waals surface area (Å²) in [7, 11) is 0. The lowest BCUT2D eigenvalue weighted by molar-refractivity contribution is -0.0766.